The highest BCUT2D eigenvalue weighted by atomic mass is 16.5. The van der Waals surface area contributed by atoms with E-state index in [4.69, 9.17) is 9.15 Å². The quantitative estimate of drug-likeness (QED) is 0.722. The summed E-state index contributed by atoms with van der Waals surface area (Å²) in [6.45, 7) is 5.82. The number of hydrogen-bond donors (Lipinski definition) is 1. The third kappa shape index (κ3) is 3.58. The molecule has 3 aromatic rings. The Morgan fingerprint density at radius 2 is 2.15 bits per heavy atom. The van der Waals surface area contributed by atoms with E-state index in [9.17, 15) is 9.59 Å². The van der Waals surface area contributed by atoms with Crippen molar-refractivity contribution in [2.24, 2.45) is 0 Å². The van der Waals surface area contributed by atoms with Crippen LogP contribution in [-0.4, -0.2) is 22.6 Å². The second-order valence-electron chi connectivity index (χ2n) is 6.41. The minimum absolute atomic E-state index is 0.235. The summed E-state index contributed by atoms with van der Waals surface area (Å²) >= 11 is 0. The Balaban J connectivity index is 1.85. The fourth-order valence-electron chi connectivity index (χ4n) is 3.07. The molecular weight excluding hydrogens is 346 g/mol. The van der Waals surface area contributed by atoms with Gasteiger partial charge in [0.2, 0.25) is 11.6 Å². The number of carbonyl (C=O) groups is 1. The lowest BCUT2D eigenvalue weighted by atomic mass is 10.1. The van der Waals surface area contributed by atoms with Crippen molar-refractivity contribution in [3.05, 3.63) is 57.8 Å². The molecule has 0 radical (unpaired) electrons. The molecule has 0 aliphatic heterocycles. The summed E-state index contributed by atoms with van der Waals surface area (Å²) in [5, 5.41) is 3.31. The molecule has 1 aromatic carbocycles. The van der Waals surface area contributed by atoms with Crippen molar-refractivity contribution < 1.29 is 13.9 Å². The van der Waals surface area contributed by atoms with Gasteiger partial charge in [-0.15, -0.1) is 0 Å². The van der Waals surface area contributed by atoms with Crippen LogP contribution in [0, 0.1) is 13.8 Å². The van der Waals surface area contributed by atoms with Crippen molar-refractivity contribution >= 4 is 17.0 Å². The second-order valence-corrected chi connectivity index (χ2v) is 6.41. The molecule has 3 rings (SSSR count). The zero-order valence-electron chi connectivity index (χ0n) is 15.9. The van der Waals surface area contributed by atoms with Crippen LogP contribution in [0.2, 0.25) is 0 Å². The standard InChI is InChI=1S/C20H23N3O4/c1-5-16(18(24)21-10-14-7-6-8-15(9-14)26-4)23-11-22-19-17(20(23)25)12(2)13(3)27-19/h6-9,11,16H,5,10H2,1-4H3,(H,21,24)/t16-/m0/s1. The largest absolute Gasteiger partial charge is 0.497 e. The number of rotatable bonds is 6. The molecule has 0 spiro atoms. The maximum absolute atomic E-state index is 12.9. The highest BCUT2D eigenvalue weighted by Gasteiger charge is 2.22. The highest BCUT2D eigenvalue weighted by molar-refractivity contribution is 5.81. The number of nitrogens with one attached hydrogen (secondary N) is 1. The Kier molecular flexibility index (Phi) is 5.30. The maximum atomic E-state index is 12.9. The number of furan rings is 1. The van der Waals surface area contributed by atoms with Crippen LogP contribution in [0.4, 0.5) is 0 Å². The summed E-state index contributed by atoms with van der Waals surface area (Å²) in [6.07, 6.45) is 1.85. The first kappa shape index (κ1) is 18.7. The van der Waals surface area contributed by atoms with Crippen LogP contribution in [0.25, 0.3) is 11.1 Å². The van der Waals surface area contributed by atoms with E-state index in [0.29, 0.717) is 29.8 Å². The van der Waals surface area contributed by atoms with Gasteiger partial charge in [-0.3, -0.25) is 14.2 Å². The maximum Gasteiger partial charge on any atom is 0.265 e. The molecule has 0 aliphatic rings. The van der Waals surface area contributed by atoms with E-state index in [1.165, 1.54) is 10.9 Å². The lowest BCUT2D eigenvalue weighted by Gasteiger charge is -2.17. The summed E-state index contributed by atoms with van der Waals surface area (Å²) < 4.78 is 12.1. The minimum atomic E-state index is -0.644. The molecule has 0 bridgehead atoms. The minimum Gasteiger partial charge on any atom is -0.497 e. The molecule has 2 heterocycles. The van der Waals surface area contributed by atoms with Crippen LogP contribution >= 0.6 is 0 Å². The van der Waals surface area contributed by atoms with Gasteiger partial charge in [-0.05, 0) is 38.0 Å². The van der Waals surface area contributed by atoms with Crippen LogP contribution in [0.15, 0.2) is 39.8 Å². The number of benzene rings is 1. The molecule has 1 N–H and O–H groups in total. The first-order chi connectivity index (χ1) is 13.0. The summed E-state index contributed by atoms with van der Waals surface area (Å²) in [4.78, 5) is 29.8. The number of aryl methyl sites for hydroxylation is 2. The number of fused-ring (bicyclic) bond motifs is 1. The van der Waals surface area contributed by atoms with Crippen LogP contribution in [0.3, 0.4) is 0 Å². The van der Waals surface area contributed by atoms with Crippen molar-refractivity contribution in [1.29, 1.82) is 0 Å². The first-order valence-corrected chi connectivity index (χ1v) is 8.83. The molecule has 142 valence electrons. The fraction of sp³-hybridized carbons (Fsp3) is 0.350. The molecule has 1 atom stereocenters. The summed E-state index contributed by atoms with van der Waals surface area (Å²) in [6, 6.07) is 6.83. The van der Waals surface area contributed by atoms with Crippen LogP contribution in [0.5, 0.6) is 5.75 Å². The topological polar surface area (TPSA) is 86.4 Å². The Morgan fingerprint density at radius 1 is 1.37 bits per heavy atom. The third-order valence-corrected chi connectivity index (χ3v) is 4.74. The number of amides is 1. The van der Waals surface area contributed by atoms with Gasteiger partial charge in [0.1, 0.15) is 29.3 Å². The molecule has 7 nitrogen and oxygen atoms in total. The van der Waals surface area contributed by atoms with Crippen molar-refractivity contribution in [3.8, 4) is 5.75 Å². The number of methoxy groups -OCH3 is 1. The lowest BCUT2D eigenvalue weighted by molar-refractivity contribution is -0.124. The van der Waals surface area contributed by atoms with Gasteiger partial charge in [0.05, 0.1) is 7.11 Å². The predicted molar refractivity (Wildman–Crippen MR) is 102 cm³/mol. The molecule has 0 saturated heterocycles. The molecule has 7 heteroatoms. The van der Waals surface area contributed by atoms with Crippen LogP contribution < -0.4 is 15.6 Å². The van der Waals surface area contributed by atoms with Crippen molar-refractivity contribution in [1.82, 2.24) is 14.9 Å². The molecule has 2 aromatic heterocycles. The van der Waals surface area contributed by atoms with Crippen molar-refractivity contribution in [2.75, 3.05) is 7.11 Å². The average Bonchev–Trinajstić information content (AvgIpc) is 2.97. The number of carbonyl (C=O) groups excluding carboxylic acids is 1. The monoisotopic (exact) mass is 369 g/mol. The van der Waals surface area contributed by atoms with E-state index in [0.717, 1.165) is 16.9 Å². The second kappa shape index (κ2) is 7.65. The van der Waals surface area contributed by atoms with Crippen molar-refractivity contribution in [2.45, 2.75) is 39.8 Å². The summed E-state index contributed by atoms with van der Waals surface area (Å²) in [5.74, 6) is 1.15. The zero-order valence-corrected chi connectivity index (χ0v) is 15.9. The Labute approximate surface area is 157 Å². The van der Waals surface area contributed by atoms with Crippen LogP contribution in [0.1, 0.15) is 36.3 Å². The molecule has 0 fully saturated rings. The predicted octanol–water partition coefficient (Wildman–Crippen LogP) is 2.88. The fourth-order valence-corrected chi connectivity index (χ4v) is 3.07. The lowest BCUT2D eigenvalue weighted by Crippen LogP contribution is -2.36. The van der Waals surface area contributed by atoms with Gasteiger partial charge < -0.3 is 14.5 Å². The Hall–Kier alpha value is -3.09. The number of aromatic nitrogens is 2. The van der Waals surface area contributed by atoms with E-state index in [-0.39, 0.29) is 11.5 Å². The zero-order chi connectivity index (χ0) is 19.6. The van der Waals surface area contributed by atoms with Gasteiger partial charge >= 0.3 is 0 Å². The van der Waals surface area contributed by atoms with Gasteiger partial charge in [0.15, 0.2) is 0 Å². The SMILES string of the molecule is CC[C@@H](C(=O)NCc1cccc(OC)c1)n1cnc2oc(C)c(C)c2c1=O. The van der Waals surface area contributed by atoms with Gasteiger partial charge in [-0.2, -0.15) is 0 Å². The van der Waals surface area contributed by atoms with Gasteiger partial charge in [0, 0.05) is 12.1 Å². The molecule has 0 aliphatic carbocycles. The normalized spacial score (nSPS) is 12.1. The van der Waals surface area contributed by atoms with E-state index in [1.54, 1.807) is 14.0 Å². The number of hydrogen-bond acceptors (Lipinski definition) is 5. The molecule has 1 amide bonds. The summed E-state index contributed by atoms with van der Waals surface area (Å²) in [5.41, 5.74) is 1.71. The summed E-state index contributed by atoms with van der Waals surface area (Å²) in [7, 11) is 1.60. The Bertz CT molecular complexity index is 1040. The van der Waals surface area contributed by atoms with E-state index < -0.39 is 6.04 Å². The molecule has 27 heavy (non-hydrogen) atoms. The smallest absolute Gasteiger partial charge is 0.265 e. The molecule has 0 saturated carbocycles. The number of ether oxygens (including phenoxy) is 1. The molecule has 0 unspecified atom stereocenters. The van der Waals surface area contributed by atoms with Gasteiger partial charge in [0.25, 0.3) is 5.56 Å². The van der Waals surface area contributed by atoms with Crippen LogP contribution in [-0.2, 0) is 11.3 Å². The molecular formula is C20H23N3O4. The van der Waals surface area contributed by atoms with E-state index >= 15 is 0 Å². The van der Waals surface area contributed by atoms with Crippen molar-refractivity contribution in [3.63, 3.8) is 0 Å². The van der Waals surface area contributed by atoms with E-state index in [2.05, 4.69) is 10.3 Å². The van der Waals surface area contributed by atoms with Gasteiger partial charge in [-0.25, -0.2) is 4.98 Å². The first-order valence-electron chi connectivity index (χ1n) is 8.83. The Morgan fingerprint density at radius 3 is 2.85 bits per heavy atom. The average molecular weight is 369 g/mol. The highest BCUT2D eigenvalue weighted by Crippen LogP contribution is 2.20. The van der Waals surface area contributed by atoms with Gasteiger partial charge in [-0.1, -0.05) is 19.1 Å². The number of nitrogens with zero attached hydrogens (tertiary/aromatic N) is 2. The third-order valence-electron chi connectivity index (χ3n) is 4.74. The van der Waals surface area contributed by atoms with E-state index in [1.807, 2.05) is 38.1 Å².